The molecule has 1 aromatic heterocycles. The summed E-state index contributed by atoms with van der Waals surface area (Å²) in [6.45, 7) is 3.50. The van der Waals surface area contributed by atoms with Crippen LogP contribution in [-0.4, -0.2) is 16.8 Å². The second-order valence-corrected chi connectivity index (χ2v) is 3.52. The van der Waals surface area contributed by atoms with E-state index in [2.05, 4.69) is 12.5 Å². The molecule has 0 aliphatic heterocycles. The molecule has 0 aliphatic carbocycles. The van der Waals surface area contributed by atoms with Crippen LogP contribution < -0.4 is 0 Å². The van der Waals surface area contributed by atoms with Crippen molar-refractivity contribution in [1.82, 2.24) is 4.57 Å². The summed E-state index contributed by atoms with van der Waals surface area (Å²) in [5, 5.41) is 0.723. The highest BCUT2D eigenvalue weighted by atomic mass is 16.2. The van der Waals surface area contributed by atoms with E-state index in [1.807, 2.05) is 0 Å². The fourth-order valence-electron chi connectivity index (χ4n) is 1.68. The summed E-state index contributed by atoms with van der Waals surface area (Å²) >= 11 is 0. The maximum atomic E-state index is 11.9. The van der Waals surface area contributed by atoms with Crippen molar-refractivity contribution < 1.29 is 9.59 Å². The zero-order chi connectivity index (χ0) is 12.4. The molecule has 0 unspecified atom stereocenters. The Morgan fingerprint density at radius 2 is 2.12 bits per heavy atom. The highest BCUT2D eigenvalue weighted by Gasteiger charge is 2.14. The van der Waals surface area contributed by atoms with E-state index in [-0.39, 0.29) is 5.57 Å². The first kappa shape index (κ1) is 10.9. The van der Waals surface area contributed by atoms with Gasteiger partial charge in [-0.2, -0.15) is 0 Å². The van der Waals surface area contributed by atoms with Gasteiger partial charge in [0.1, 0.15) is 0 Å². The molecule has 0 saturated carbocycles. The van der Waals surface area contributed by atoms with Gasteiger partial charge in [0.25, 0.3) is 5.91 Å². The van der Waals surface area contributed by atoms with E-state index in [0.717, 1.165) is 5.39 Å². The fraction of sp³-hybridized carbons (Fsp3) is 0. The van der Waals surface area contributed by atoms with Crippen molar-refractivity contribution in [2.45, 2.75) is 0 Å². The number of carbonyl (C=O) groups is 2. The quantitative estimate of drug-likeness (QED) is 0.445. The summed E-state index contributed by atoms with van der Waals surface area (Å²) in [6, 6.07) is 7.13. The molecule has 2 rings (SSSR count). The highest BCUT2D eigenvalue weighted by Crippen LogP contribution is 2.20. The minimum atomic E-state index is -0.392. The molecule has 0 N–H and O–H groups in total. The number of terminal acetylenes is 1. The zero-order valence-corrected chi connectivity index (χ0v) is 9.01. The van der Waals surface area contributed by atoms with Crippen LogP contribution in [0.15, 0.2) is 42.6 Å². The molecule has 0 fully saturated rings. The molecule has 0 amide bonds. The molecule has 1 aromatic carbocycles. The van der Waals surface area contributed by atoms with Crippen molar-refractivity contribution in [2.24, 2.45) is 0 Å². The predicted molar refractivity (Wildman–Crippen MR) is 65.9 cm³/mol. The van der Waals surface area contributed by atoms with Crippen molar-refractivity contribution >= 4 is 23.1 Å². The molecule has 0 aliphatic rings. The number of rotatable bonds is 2. The van der Waals surface area contributed by atoms with Crippen LogP contribution >= 0.6 is 0 Å². The Labute approximate surface area is 98.4 Å². The molecule has 3 nitrogen and oxygen atoms in total. The Balaban J connectivity index is 2.71. The average Bonchev–Trinajstić information content (AvgIpc) is 2.75. The van der Waals surface area contributed by atoms with Crippen molar-refractivity contribution in [3.05, 3.63) is 48.2 Å². The molecule has 2 aromatic rings. The average molecular weight is 223 g/mol. The van der Waals surface area contributed by atoms with Crippen LogP contribution in [0.1, 0.15) is 15.2 Å². The number of hydrogen-bond acceptors (Lipinski definition) is 2. The van der Waals surface area contributed by atoms with Crippen molar-refractivity contribution in [2.75, 3.05) is 0 Å². The van der Waals surface area contributed by atoms with Crippen molar-refractivity contribution in [1.29, 1.82) is 0 Å². The summed E-state index contributed by atoms with van der Waals surface area (Å²) in [5.41, 5.74) is 1.16. The number of aromatic nitrogens is 1. The predicted octanol–water partition coefficient (Wildman–Crippen LogP) is 2.28. The van der Waals surface area contributed by atoms with Gasteiger partial charge in [0.15, 0.2) is 6.29 Å². The van der Waals surface area contributed by atoms with Crippen molar-refractivity contribution in [3.63, 3.8) is 0 Å². The standard InChI is InChI=1S/C14H9NO2/c1-3-10(2)14(17)15-8-11(9-16)12-6-4-5-7-13(12)15/h1,4-9H,2H2. The van der Waals surface area contributed by atoms with Crippen LogP contribution in [-0.2, 0) is 0 Å². The minimum absolute atomic E-state index is 0.0585. The van der Waals surface area contributed by atoms with E-state index in [1.165, 1.54) is 10.8 Å². The smallest absolute Gasteiger partial charge is 0.270 e. The molecular formula is C14H9NO2. The maximum Gasteiger partial charge on any atom is 0.270 e. The van der Waals surface area contributed by atoms with Crippen LogP contribution in [0.2, 0.25) is 0 Å². The van der Waals surface area contributed by atoms with Crippen LogP contribution in [0, 0.1) is 12.3 Å². The normalized spacial score (nSPS) is 9.82. The van der Waals surface area contributed by atoms with Gasteiger partial charge in [0, 0.05) is 17.1 Å². The van der Waals surface area contributed by atoms with Crippen molar-refractivity contribution in [3.8, 4) is 12.3 Å². The first-order chi connectivity index (χ1) is 8.19. The first-order valence-corrected chi connectivity index (χ1v) is 4.94. The number of carbonyl (C=O) groups excluding carboxylic acids is 2. The lowest BCUT2D eigenvalue weighted by molar-refractivity contribution is 0.0966. The molecule has 0 atom stereocenters. The third-order valence-corrected chi connectivity index (χ3v) is 2.52. The maximum absolute atomic E-state index is 11.9. The molecule has 0 spiro atoms. The van der Waals surface area contributed by atoms with Crippen LogP contribution in [0.3, 0.4) is 0 Å². The van der Waals surface area contributed by atoms with Crippen LogP contribution in [0.25, 0.3) is 10.9 Å². The lowest BCUT2D eigenvalue weighted by Gasteiger charge is -2.01. The third kappa shape index (κ3) is 1.66. The van der Waals surface area contributed by atoms with Crippen LogP contribution in [0.4, 0.5) is 0 Å². The topological polar surface area (TPSA) is 39.1 Å². The molecule has 0 bridgehead atoms. The summed E-state index contributed by atoms with van der Waals surface area (Å²) in [7, 11) is 0. The van der Waals surface area contributed by atoms with Gasteiger partial charge >= 0.3 is 0 Å². The number of allylic oxidation sites excluding steroid dienone is 1. The lowest BCUT2D eigenvalue weighted by atomic mass is 10.2. The Bertz CT molecular complexity index is 671. The van der Waals surface area contributed by atoms with E-state index in [9.17, 15) is 9.59 Å². The molecule has 0 saturated heterocycles. The van der Waals surface area contributed by atoms with E-state index in [0.29, 0.717) is 17.4 Å². The van der Waals surface area contributed by atoms with Gasteiger partial charge in [0.05, 0.1) is 11.1 Å². The van der Waals surface area contributed by atoms with Gasteiger partial charge < -0.3 is 0 Å². The number of aldehydes is 1. The van der Waals surface area contributed by atoms with Gasteiger partial charge in [0.2, 0.25) is 0 Å². The summed E-state index contributed by atoms with van der Waals surface area (Å²) < 4.78 is 1.35. The molecule has 17 heavy (non-hydrogen) atoms. The second-order valence-electron chi connectivity index (χ2n) is 3.52. The molecular weight excluding hydrogens is 214 g/mol. The summed E-state index contributed by atoms with van der Waals surface area (Å²) in [4.78, 5) is 22.8. The molecule has 82 valence electrons. The Morgan fingerprint density at radius 3 is 2.76 bits per heavy atom. The zero-order valence-electron chi connectivity index (χ0n) is 9.01. The fourth-order valence-corrected chi connectivity index (χ4v) is 1.68. The minimum Gasteiger partial charge on any atom is -0.298 e. The Hall–Kier alpha value is -2.60. The van der Waals surface area contributed by atoms with E-state index >= 15 is 0 Å². The lowest BCUT2D eigenvalue weighted by Crippen LogP contribution is -2.10. The molecule has 1 heterocycles. The summed E-state index contributed by atoms with van der Waals surface area (Å²) in [5.74, 6) is 1.81. The van der Waals surface area contributed by atoms with Gasteiger partial charge in [-0.05, 0) is 6.07 Å². The summed E-state index contributed by atoms with van der Waals surface area (Å²) in [6.07, 6.45) is 7.33. The number of hydrogen-bond donors (Lipinski definition) is 0. The molecule has 3 heteroatoms. The number of para-hydroxylation sites is 1. The van der Waals surface area contributed by atoms with Gasteiger partial charge in [-0.1, -0.05) is 30.7 Å². The van der Waals surface area contributed by atoms with Gasteiger partial charge in [-0.3, -0.25) is 14.2 Å². The number of nitrogens with zero attached hydrogens (tertiary/aromatic N) is 1. The number of fused-ring (bicyclic) bond motifs is 1. The number of benzene rings is 1. The van der Waals surface area contributed by atoms with Gasteiger partial charge in [-0.15, -0.1) is 6.42 Å². The van der Waals surface area contributed by atoms with Crippen LogP contribution in [0.5, 0.6) is 0 Å². The molecule has 0 radical (unpaired) electrons. The Kier molecular flexibility index (Phi) is 2.63. The van der Waals surface area contributed by atoms with E-state index < -0.39 is 5.91 Å². The largest absolute Gasteiger partial charge is 0.298 e. The second kappa shape index (κ2) is 4.11. The van der Waals surface area contributed by atoms with E-state index in [4.69, 9.17) is 6.42 Å². The Morgan fingerprint density at radius 1 is 1.41 bits per heavy atom. The first-order valence-electron chi connectivity index (χ1n) is 4.94. The van der Waals surface area contributed by atoms with Gasteiger partial charge in [-0.25, -0.2) is 0 Å². The van der Waals surface area contributed by atoms with E-state index in [1.54, 1.807) is 24.3 Å². The monoisotopic (exact) mass is 223 g/mol. The third-order valence-electron chi connectivity index (χ3n) is 2.52. The highest BCUT2D eigenvalue weighted by molar-refractivity contribution is 6.08. The SMILES string of the molecule is C#CC(=C)C(=O)n1cc(C=O)c2ccccc21.